The minimum absolute atomic E-state index is 0.265. The molecule has 4 aromatic rings. The summed E-state index contributed by atoms with van der Waals surface area (Å²) in [5.41, 5.74) is 4.90. The number of carbonyl (C=O) groups excluding carboxylic acids is 1. The molecule has 1 aromatic heterocycles. The zero-order valence-corrected chi connectivity index (χ0v) is 19.9. The highest BCUT2D eigenvalue weighted by Gasteiger charge is 2.35. The van der Waals surface area contributed by atoms with Crippen LogP contribution in [0.1, 0.15) is 35.5 Å². The molecule has 0 saturated heterocycles. The Morgan fingerprint density at radius 2 is 1.69 bits per heavy atom. The third kappa shape index (κ3) is 4.68. The van der Waals surface area contributed by atoms with E-state index >= 15 is 0 Å². The monoisotopic (exact) mass is 488 g/mol. The molecule has 2 amide bonds. The number of allylic oxidation sites excluding steroid dienone is 1. The van der Waals surface area contributed by atoms with Crippen molar-refractivity contribution in [1.82, 2.24) is 20.4 Å². The summed E-state index contributed by atoms with van der Waals surface area (Å²) < 4.78 is 19.3. The van der Waals surface area contributed by atoms with E-state index in [1.54, 1.807) is 29.2 Å². The largest absolute Gasteiger partial charge is 0.334 e. The molecule has 0 aliphatic carbocycles. The Kier molecular flexibility index (Phi) is 6.09. The fraction of sp³-hybridized carbons (Fsp3) is 0.148. The van der Waals surface area contributed by atoms with Crippen LogP contribution >= 0.6 is 11.6 Å². The van der Waals surface area contributed by atoms with Crippen LogP contribution in [-0.4, -0.2) is 21.1 Å². The van der Waals surface area contributed by atoms with Crippen molar-refractivity contribution >= 4 is 23.2 Å². The van der Waals surface area contributed by atoms with Gasteiger partial charge < -0.3 is 9.84 Å². The van der Waals surface area contributed by atoms with Gasteiger partial charge in [0.05, 0.1) is 18.2 Å². The minimum atomic E-state index is -0.587. The topological polar surface area (TPSA) is 71.3 Å². The van der Waals surface area contributed by atoms with Crippen LogP contribution in [0.4, 0.5) is 9.18 Å². The molecule has 1 unspecified atom stereocenters. The molecule has 1 atom stereocenters. The SMILES string of the molecule is CC1=C(c2nc(-c3ccc(Cl)cc3)no2)C(c2ccc(F)cc2)NC(=O)N1Cc1ccc(C)cc1. The maximum atomic E-state index is 13.6. The highest BCUT2D eigenvalue weighted by molar-refractivity contribution is 6.30. The molecule has 1 aliphatic heterocycles. The Labute approximate surface area is 207 Å². The summed E-state index contributed by atoms with van der Waals surface area (Å²) in [4.78, 5) is 19.5. The second kappa shape index (κ2) is 9.35. The number of nitrogens with zero attached hydrogens (tertiary/aromatic N) is 3. The van der Waals surface area contributed by atoms with Gasteiger partial charge in [0.25, 0.3) is 5.89 Å². The third-order valence-corrected chi connectivity index (χ3v) is 6.27. The van der Waals surface area contributed by atoms with Gasteiger partial charge in [0, 0.05) is 16.3 Å². The number of nitrogens with one attached hydrogen (secondary N) is 1. The van der Waals surface area contributed by atoms with E-state index in [1.165, 1.54) is 12.1 Å². The zero-order valence-electron chi connectivity index (χ0n) is 19.1. The number of amides is 2. The second-order valence-corrected chi connectivity index (χ2v) is 8.87. The molecule has 0 spiro atoms. The first-order valence-electron chi connectivity index (χ1n) is 11.1. The van der Waals surface area contributed by atoms with Crippen molar-refractivity contribution in [2.45, 2.75) is 26.4 Å². The average Bonchev–Trinajstić information content (AvgIpc) is 3.33. The summed E-state index contributed by atoms with van der Waals surface area (Å²) in [7, 11) is 0. The zero-order chi connectivity index (χ0) is 24.5. The molecule has 2 heterocycles. The van der Waals surface area contributed by atoms with E-state index in [1.807, 2.05) is 50.2 Å². The number of aromatic nitrogens is 2. The van der Waals surface area contributed by atoms with Crippen LogP contribution in [0, 0.1) is 12.7 Å². The van der Waals surface area contributed by atoms with E-state index in [0.29, 0.717) is 34.2 Å². The number of hydrogen-bond donors (Lipinski definition) is 1. The van der Waals surface area contributed by atoms with Gasteiger partial charge in [0.15, 0.2) is 0 Å². The Morgan fingerprint density at radius 3 is 2.37 bits per heavy atom. The number of urea groups is 1. The molecule has 0 saturated carbocycles. The van der Waals surface area contributed by atoms with Gasteiger partial charge >= 0.3 is 6.03 Å². The highest BCUT2D eigenvalue weighted by Crippen LogP contribution is 2.38. The van der Waals surface area contributed by atoms with Crippen molar-refractivity contribution in [2.75, 3.05) is 0 Å². The van der Waals surface area contributed by atoms with Crippen LogP contribution in [0.3, 0.4) is 0 Å². The van der Waals surface area contributed by atoms with Crippen molar-refractivity contribution in [2.24, 2.45) is 0 Å². The number of carbonyl (C=O) groups is 1. The number of hydrogen-bond acceptors (Lipinski definition) is 4. The molecule has 6 nitrogen and oxygen atoms in total. The molecule has 35 heavy (non-hydrogen) atoms. The highest BCUT2D eigenvalue weighted by atomic mass is 35.5. The number of rotatable bonds is 5. The molecule has 176 valence electrons. The maximum Gasteiger partial charge on any atom is 0.322 e. The van der Waals surface area contributed by atoms with Crippen molar-refractivity contribution in [1.29, 1.82) is 0 Å². The number of benzene rings is 3. The van der Waals surface area contributed by atoms with Gasteiger partial charge in [0.2, 0.25) is 5.82 Å². The first kappa shape index (κ1) is 22.8. The minimum Gasteiger partial charge on any atom is -0.334 e. The predicted molar refractivity (Wildman–Crippen MR) is 132 cm³/mol. The Balaban J connectivity index is 1.58. The van der Waals surface area contributed by atoms with E-state index in [2.05, 4.69) is 15.5 Å². The normalized spacial score (nSPS) is 15.9. The molecule has 3 aromatic carbocycles. The van der Waals surface area contributed by atoms with E-state index in [4.69, 9.17) is 16.1 Å². The van der Waals surface area contributed by atoms with Crippen molar-refractivity contribution in [3.05, 3.63) is 112 Å². The Morgan fingerprint density at radius 1 is 1.00 bits per heavy atom. The molecule has 8 heteroatoms. The summed E-state index contributed by atoms with van der Waals surface area (Å²) in [6, 6.07) is 20.3. The summed E-state index contributed by atoms with van der Waals surface area (Å²) in [6.45, 7) is 4.24. The first-order chi connectivity index (χ1) is 16.9. The summed E-state index contributed by atoms with van der Waals surface area (Å²) in [5.74, 6) is 0.314. The van der Waals surface area contributed by atoms with Gasteiger partial charge in [-0.2, -0.15) is 4.98 Å². The fourth-order valence-corrected chi connectivity index (χ4v) is 4.21. The van der Waals surface area contributed by atoms with Crippen molar-refractivity contribution in [3.8, 4) is 11.4 Å². The molecule has 5 rings (SSSR count). The van der Waals surface area contributed by atoms with Crippen molar-refractivity contribution < 1.29 is 13.7 Å². The Hall–Kier alpha value is -3.97. The van der Waals surface area contributed by atoms with Crippen LogP contribution in [0.25, 0.3) is 17.0 Å². The molecule has 0 bridgehead atoms. The maximum absolute atomic E-state index is 13.6. The predicted octanol–water partition coefficient (Wildman–Crippen LogP) is 6.54. The lowest BCUT2D eigenvalue weighted by atomic mass is 9.94. The lowest BCUT2D eigenvalue weighted by Gasteiger charge is -2.35. The molecular weight excluding hydrogens is 467 g/mol. The van der Waals surface area contributed by atoms with E-state index in [9.17, 15) is 9.18 Å². The second-order valence-electron chi connectivity index (χ2n) is 8.43. The molecular formula is C27H22ClFN4O2. The third-order valence-electron chi connectivity index (χ3n) is 6.02. The van der Waals surface area contributed by atoms with Gasteiger partial charge in [-0.1, -0.05) is 58.7 Å². The van der Waals surface area contributed by atoms with Crippen LogP contribution < -0.4 is 5.32 Å². The lowest BCUT2D eigenvalue weighted by Crippen LogP contribution is -2.45. The lowest BCUT2D eigenvalue weighted by molar-refractivity contribution is 0.203. The van der Waals surface area contributed by atoms with E-state index in [-0.39, 0.29) is 17.7 Å². The van der Waals surface area contributed by atoms with Crippen LogP contribution in [-0.2, 0) is 6.54 Å². The number of aryl methyl sites for hydroxylation is 1. The van der Waals surface area contributed by atoms with Gasteiger partial charge in [-0.15, -0.1) is 0 Å². The van der Waals surface area contributed by atoms with Gasteiger partial charge in [-0.05, 0) is 61.4 Å². The summed E-state index contributed by atoms with van der Waals surface area (Å²) >= 11 is 6.00. The van der Waals surface area contributed by atoms with Crippen LogP contribution in [0.5, 0.6) is 0 Å². The average molecular weight is 489 g/mol. The molecule has 1 aliphatic rings. The van der Waals surface area contributed by atoms with Crippen molar-refractivity contribution in [3.63, 3.8) is 0 Å². The van der Waals surface area contributed by atoms with Crippen LogP contribution in [0.15, 0.2) is 83.0 Å². The van der Waals surface area contributed by atoms with Crippen LogP contribution in [0.2, 0.25) is 5.02 Å². The smallest absolute Gasteiger partial charge is 0.322 e. The molecule has 0 fully saturated rings. The molecule has 0 radical (unpaired) electrons. The Bertz CT molecular complexity index is 1400. The summed E-state index contributed by atoms with van der Waals surface area (Å²) in [6.07, 6.45) is 0. The molecule has 1 N–H and O–H groups in total. The summed E-state index contributed by atoms with van der Waals surface area (Å²) in [5, 5.41) is 7.79. The van der Waals surface area contributed by atoms with E-state index < -0.39 is 6.04 Å². The van der Waals surface area contributed by atoms with Gasteiger partial charge in [0.1, 0.15) is 5.82 Å². The quantitative estimate of drug-likeness (QED) is 0.346. The van der Waals surface area contributed by atoms with Gasteiger partial charge in [-0.25, -0.2) is 9.18 Å². The standard InChI is InChI=1S/C27H22ClFN4O2/c1-16-3-5-18(6-4-16)15-33-17(2)23(24(30-27(33)34)19-9-13-22(29)14-10-19)26-31-25(32-35-26)20-7-11-21(28)12-8-20/h3-14,24H,15H2,1-2H3,(H,30,34). The first-order valence-corrected chi connectivity index (χ1v) is 11.5. The fourth-order valence-electron chi connectivity index (χ4n) is 4.08. The van der Waals surface area contributed by atoms with E-state index in [0.717, 1.165) is 16.7 Å². The number of halogens is 2. The van der Waals surface area contributed by atoms with Gasteiger partial charge in [-0.3, -0.25) is 4.90 Å².